The van der Waals surface area contributed by atoms with Crippen LogP contribution in [0.3, 0.4) is 0 Å². The monoisotopic (exact) mass is 277 g/mol. The normalized spacial score (nSPS) is 22.9. The quantitative estimate of drug-likeness (QED) is 0.606. The fourth-order valence-electron chi connectivity index (χ4n) is 2.07. The van der Waals surface area contributed by atoms with Gasteiger partial charge in [-0.05, 0) is 23.7 Å². The Hall–Kier alpha value is -1.92. The predicted octanol–water partition coefficient (Wildman–Crippen LogP) is 1.74. The topological polar surface area (TPSA) is 66.4 Å². The third kappa shape index (κ3) is 2.81. The van der Waals surface area contributed by atoms with Gasteiger partial charge in [0, 0.05) is 13.0 Å². The number of ether oxygens (including phenoxy) is 3. The Labute approximate surface area is 116 Å². The summed E-state index contributed by atoms with van der Waals surface area (Å²) in [5, 5.41) is 3.71. The SMILES string of the molecule is O=C1C(=NOCCOC2CCCO2)Oc2ccccc21. The van der Waals surface area contributed by atoms with Crippen LogP contribution >= 0.6 is 0 Å². The van der Waals surface area contributed by atoms with Crippen molar-refractivity contribution in [3.05, 3.63) is 29.8 Å². The fourth-order valence-corrected chi connectivity index (χ4v) is 2.07. The van der Waals surface area contributed by atoms with Crippen molar-refractivity contribution in [2.45, 2.75) is 19.1 Å². The zero-order chi connectivity index (χ0) is 13.8. The third-order valence-electron chi connectivity index (χ3n) is 3.05. The summed E-state index contributed by atoms with van der Waals surface area (Å²) in [5.41, 5.74) is 0.505. The summed E-state index contributed by atoms with van der Waals surface area (Å²) in [4.78, 5) is 16.9. The second-order valence-electron chi connectivity index (χ2n) is 4.47. The average Bonchev–Trinajstić information content (AvgIpc) is 3.08. The Balaban J connectivity index is 1.45. The van der Waals surface area contributed by atoms with Crippen LogP contribution in [0.25, 0.3) is 0 Å². The van der Waals surface area contributed by atoms with Crippen molar-refractivity contribution in [2.24, 2.45) is 5.16 Å². The molecule has 3 rings (SSSR count). The molecule has 0 spiro atoms. The molecule has 1 fully saturated rings. The minimum Gasteiger partial charge on any atom is -0.433 e. The number of carbonyl (C=O) groups excluding carboxylic acids is 1. The minimum absolute atomic E-state index is 0.0386. The maximum absolute atomic E-state index is 11.9. The zero-order valence-corrected chi connectivity index (χ0v) is 10.9. The van der Waals surface area contributed by atoms with E-state index in [4.69, 9.17) is 19.0 Å². The van der Waals surface area contributed by atoms with Crippen molar-refractivity contribution in [2.75, 3.05) is 19.8 Å². The van der Waals surface area contributed by atoms with E-state index in [0.29, 0.717) is 17.9 Å². The summed E-state index contributed by atoms with van der Waals surface area (Å²) >= 11 is 0. The van der Waals surface area contributed by atoms with E-state index in [-0.39, 0.29) is 24.6 Å². The first kappa shape index (κ1) is 13.1. The molecule has 0 amide bonds. The average molecular weight is 277 g/mol. The zero-order valence-electron chi connectivity index (χ0n) is 10.9. The molecule has 6 heteroatoms. The number of carbonyl (C=O) groups is 1. The summed E-state index contributed by atoms with van der Waals surface area (Å²) in [6, 6.07) is 6.99. The molecule has 0 radical (unpaired) electrons. The predicted molar refractivity (Wildman–Crippen MR) is 69.7 cm³/mol. The molecule has 1 saturated heterocycles. The number of hydrogen-bond acceptors (Lipinski definition) is 6. The maximum atomic E-state index is 11.9. The Morgan fingerprint density at radius 2 is 2.20 bits per heavy atom. The van der Waals surface area contributed by atoms with E-state index in [1.54, 1.807) is 24.3 Å². The molecule has 20 heavy (non-hydrogen) atoms. The first-order valence-electron chi connectivity index (χ1n) is 6.59. The number of hydrogen-bond donors (Lipinski definition) is 0. The molecule has 1 unspecified atom stereocenters. The summed E-state index contributed by atoms with van der Waals surface area (Å²) in [6.07, 6.45) is 1.79. The Morgan fingerprint density at radius 3 is 3.00 bits per heavy atom. The van der Waals surface area contributed by atoms with E-state index in [1.807, 2.05) is 0 Å². The van der Waals surface area contributed by atoms with E-state index in [9.17, 15) is 4.79 Å². The molecule has 1 atom stereocenters. The van der Waals surface area contributed by atoms with E-state index < -0.39 is 0 Å². The van der Waals surface area contributed by atoms with Gasteiger partial charge in [0.05, 0.1) is 12.2 Å². The lowest BCUT2D eigenvalue weighted by molar-refractivity contribution is -0.121. The minimum atomic E-state index is -0.263. The van der Waals surface area contributed by atoms with Crippen molar-refractivity contribution in [3.8, 4) is 5.75 Å². The number of rotatable bonds is 5. The third-order valence-corrected chi connectivity index (χ3v) is 3.05. The summed E-state index contributed by atoms with van der Waals surface area (Å²) in [6.45, 7) is 1.35. The molecule has 0 bridgehead atoms. The molecule has 1 aromatic carbocycles. The molecule has 106 valence electrons. The van der Waals surface area contributed by atoms with Crippen molar-refractivity contribution in [3.63, 3.8) is 0 Å². The molecular formula is C14H15NO5. The molecule has 1 aromatic rings. The number of fused-ring (bicyclic) bond motifs is 1. The van der Waals surface area contributed by atoms with Crippen LogP contribution in [0.2, 0.25) is 0 Å². The number of para-hydroxylation sites is 1. The molecular weight excluding hydrogens is 262 g/mol. The highest BCUT2D eigenvalue weighted by molar-refractivity contribution is 6.46. The van der Waals surface area contributed by atoms with E-state index in [0.717, 1.165) is 19.4 Å². The molecule has 6 nitrogen and oxygen atoms in total. The van der Waals surface area contributed by atoms with Gasteiger partial charge in [-0.2, -0.15) is 0 Å². The smallest absolute Gasteiger partial charge is 0.304 e. The van der Waals surface area contributed by atoms with Crippen LogP contribution in [0.1, 0.15) is 23.2 Å². The first-order valence-corrected chi connectivity index (χ1v) is 6.59. The standard InChI is InChI=1S/C14H15NO5/c16-13-10-4-1-2-5-11(10)20-14(13)15-19-9-8-18-12-6-3-7-17-12/h1-2,4-5,12H,3,6-9H2. The number of ketones is 1. The van der Waals surface area contributed by atoms with E-state index >= 15 is 0 Å². The maximum Gasteiger partial charge on any atom is 0.304 e. The summed E-state index contributed by atoms with van der Waals surface area (Å²) in [5.74, 6) is 0.208. The van der Waals surface area contributed by atoms with E-state index in [2.05, 4.69) is 5.16 Å². The van der Waals surface area contributed by atoms with Gasteiger partial charge in [-0.1, -0.05) is 12.1 Å². The number of nitrogens with zero attached hydrogens (tertiary/aromatic N) is 1. The van der Waals surface area contributed by atoms with Gasteiger partial charge in [-0.3, -0.25) is 4.79 Å². The van der Waals surface area contributed by atoms with E-state index in [1.165, 1.54) is 0 Å². The molecule has 2 heterocycles. The largest absolute Gasteiger partial charge is 0.433 e. The van der Waals surface area contributed by atoms with Gasteiger partial charge >= 0.3 is 5.90 Å². The van der Waals surface area contributed by atoms with Gasteiger partial charge in [0.25, 0.3) is 5.78 Å². The number of benzene rings is 1. The van der Waals surface area contributed by atoms with Gasteiger partial charge in [-0.15, -0.1) is 0 Å². The number of oxime groups is 1. The van der Waals surface area contributed by atoms with Crippen LogP contribution in [-0.2, 0) is 14.3 Å². The van der Waals surface area contributed by atoms with Gasteiger partial charge in [0.2, 0.25) is 0 Å². The van der Waals surface area contributed by atoms with Crippen LogP contribution < -0.4 is 4.74 Å². The van der Waals surface area contributed by atoms with Crippen LogP contribution in [0.5, 0.6) is 5.75 Å². The molecule has 0 saturated carbocycles. The lowest BCUT2D eigenvalue weighted by Gasteiger charge is -2.09. The van der Waals surface area contributed by atoms with Gasteiger partial charge < -0.3 is 19.0 Å². The molecule has 2 aliphatic heterocycles. The van der Waals surface area contributed by atoms with Crippen molar-refractivity contribution >= 4 is 11.7 Å². The fraction of sp³-hybridized carbons (Fsp3) is 0.429. The highest BCUT2D eigenvalue weighted by Gasteiger charge is 2.29. The first-order chi connectivity index (χ1) is 9.84. The highest BCUT2D eigenvalue weighted by atomic mass is 16.7. The van der Waals surface area contributed by atoms with Crippen molar-refractivity contribution in [1.82, 2.24) is 0 Å². The van der Waals surface area contributed by atoms with Crippen LogP contribution in [0.4, 0.5) is 0 Å². The van der Waals surface area contributed by atoms with Crippen LogP contribution in [0, 0.1) is 0 Å². The number of Topliss-reactive ketones (excluding diaryl/α,β-unsaturated/α-hetero) is 1. The van der Waals surface area contributed by atoms with Crippen LogP contribution in [0.15, 0.2) is 29.4 Å². The van der Waals surface area contributed by atoms with Gasteiger partial charge in [-0.25, -0.2) is 0 Å². The summed E-state index contributed by atoms with van der Waals surface area (Å²) in [7, 11) is 0. The lowest BCUT2D eigenvalue weighted by Crippen LogP contribution is -2.16. The Bertz CT molecular complexity index is 522. The van der Waals surface area contributed by atoms with Gasteiger partial charge in [0.15, 0.2) is 6.29 Å². The van der Waals surface area contributed by atoms with Crippen molar-refractivity contribution < 1.29 is 23.8 Å². The highest BCUT2D eigenvalue weighted by Crippen LogP contribution is 2.25. The van der Waals surface area contributed by atoms with Crippen molar-refractivity contribution in [1.29, 1.82) is 0 Å². The molecule has 0 aliphatic carbocycles. The molecule has 2 aliphatic rings. The summed E-state index contributed by atoms with van der Waals surface area (Å²) < 4.78 is 16.0. The Kier molecular flexibility index (Phi) is 3.94. The molecule has 0 aromatic heterocycles. The van der Waals surface area contributed by atoms with Crippen LogP contribution in [-0.4, -0.2) is 37.8 Å². The van der Waals surface area contributed by atoms with Gasteiger partial charge in [0.1, 0.15) is 12.4 Å². The second kappa shape index (κ2) is 6.02. The Morgan fingerprint density at radius 1 is 1.30 bits per heavy atom. The molecule has 0 N–H and O–H groups in total. The lowest BCUT2D eigenvalue weighted by atomic mass is 10.1. The second-order valence-corrected chi connectivity index (χ2v) is 4.47.